The van der Waals surface area contributed by atoms with Crippen LogP contribution in [0.15, 0.2) is 30.3 Å². The Hall–Kier alpha value is -2.58. The minimum atomic E-state index is 0.0977. The average molecular weight is 397 g/mol. The number of piperazine rings is 1. The second kappa shape index (κ2) is 7.44. The van der Waals surface area contributed by atoms with Gasteiger partial charge in [0.25, 0.3) is 5.78 Å². The lowest BCUT2D eigenvalue weighted by Gasteiger charge is -2.35. The predicted molar refractivity (Wildman–Crippen MR) is 112 cm³/mol. The first-order chi connectivity index (χ1) is 13.4. The third-order valence-electron chi connectivity index (χ3n) is 5.21. The van der Waals surface area contributed by atoms with Gasteiger partial charge in [0.15, 0.2) is 5.78 Å². The normalized spacial score (nSPS) is 15.3. The van der Waals surface area contributed by atoms with Gasteiger partial charge in [-0.15, -0.1) is 5.10 Å². The SMILES string of the molecule is CC(=O)c1ccc(N2CCN(Cn3nc4nc(C)cc(C)n4c3=S)CC2)cc1. The van der Waals surface area contributed by atoms with E-state index in [1.165, 1.54) is 0 Å². The summed E-state index contributed by atoms with van der Waals surface area (Å²) in [4.78, 5) is 20.6. The molecular formula is C20H24N6OS. The number of benzene rings is 1. The van der Waals surface area contributed by atoms with Crippen molar-refractivity contribution in [2.24, 2.45) is 0 Å². The van der Waals surface area contributed by atoms with Gasteiger partial charge in [0.1, 0.15) is 0 Å². The van der Waals surface area contributed by atoms with Crippen molar-refractivity contribution in [2.45, 2.75) is 27.4 Å². The van der Waals surface area contributed by atoms with E-state index in [9.17, 15) is 4.79 Å². The van der Waals surface area contributed by atoms with Crippen molar-refractivity contribution in [3.05, 3.63) is 52.1 Å². The number of Topliss-reactive ketones (excluding diaryl/α,β-unsaturated/α-hetero) is 1. The van der Waals surface area contributed by atoms with E-state index in [0.29, 0.717) is 17.2 Å². The summed E-state index contributed by atoms with van der Waals surface area (Å²) in [6, 6.07) is 9.88. The summed E-state index contributed by atoms with van der Waals surface area (Å²) in [6.07, 6.45) is 0. The van der Waals surface area contributed by atoms with Crippen molar-refractivity contribution in [1.82, 2.24) is 24.1 Å². The van der Waals surface area contributed by atoms with Gasteiger partial charge in [-0.1, -0.05) is 0 Å². The van der Waals surface area contributed by atoms with Crippen LogP contribution in [-0.4, -0.2) is 56.0 Å². The Kier molecular flexibility index (Phi) is 4.99. The van der Waals surface area contributed by atoms with Crippen LogP contribution in [0.2, 0.25) is 0 Å². The number of hydrogen-bond donors (Lipinski definition) is 0. The number of rotatable bonds is 4. The molecule has 28 heavy (non-hydrogen) atoms. The molecule has 2 aromatic heterocycles. The van der Waals surface area contributed by atoms with Crippen LogP contribution in [-0.2, 0) is 6.67 Å². The molecule has 4 rings (SSSR count). The van der Waals surface area contributed by atoms with Gasteiger partial charge in [0.2, 0.25) is 4.77 Å². The highest BCUT2D eigenvalue weighted by atomic mass is 32.1. The molecule has 0 bridgehead atoms. The number of ketones is 1. The van der Waals surface area contributed by atoms with Gasteiger partial charge in [-0.25, -0.2) is 9.67 Å². The fraction of sp³-hybridized carbons (Fsp3) is 0.400. The summed E-state index contributed by atoms with van der Waals surface area (Å²) in [5.41, 5.74) is 3.91. The number of fused-ring (bicyclic) bond motifs is 1. The first kappa shape index (κ1) is 18.8. The lowest BCUT2D eigenvalue weighted by Crippen LogP contribution is -2.47. The maximum Gasteiger partial charge on any atom is 0.254 e. The Balaban J connectivity index is 1.44. The van der Waals surface area contributed by atoms with Crippen molar-refractivity contribution < 1.29 is 4.79 Å². The van der Waals surface area contributed by atoms with Crippen LogP contribution in [0.1, 0.15) is 28.7 Å². The number of carbonyl (C=O) groups excluding carboxylic acids is 1. The Bertz CT molecular complexity index is 1080. The largest absolute Gasteiger partial charge is 0.369 e. The standard InChI is InChI=1S/C20H24N6OS/c1-14-12-15(2)26-19(21-14)22-25(20(26)28)13-23-8-10-24(11-9-23)18-6-4-17(5-7-18)16(3)27/h4-7,12H,8-11,13H2,1-3H3. The van der Waals surface area contributed by atoms with E-state index in [0.717, 1.165) is 48.8 Å². The third kappa shape index (κ3) is 3.57. The van der Waals surface area contributed by atoms with Crippen molar-refractivity contribution in [3.8, 4) is 0 Å². The first-order valence-electron chi connectivity index (χ1n) is 9.44. The van der Waals surface area contributed by atoms with Crippen LogP contribution in [0.3, 0.4) is 0 Å². The van der Waals surface area contributed by atoms with E-state index in [-0.39, 0.29) is 5.78 Å². The van der Waals surface area contributed by atoms with Gasteiger partial charge in [-0.05, 0) is 63.3 Å². The van der Waals surface area contributed by atoms with Gasteiger partial charge >= 0.3 is 0 Å². The first-order valence-corrected chi connectivity index (χ1v) is 9.85. The maximum absolute atomic E-state index is 11.4. The lowest BCUT2D eigenvalue weighted by molar-refractivity contribution is 0.101. The average Bonchev–Trinajstić information content (AvgIpc) is 2.98. The summed E-state index contributed by atoms with van der Waals surface area (Å²) >= 11 is 5.62. The molecule has 0 aliphatic carbocycles. The molecule has 1 fully saturated rings. The molecule has 1 aliphatic rings. The molecule has 1 aromatic carbocycles. The zero-order valence-electron chi connectivity index (χ0n) is 16.4. The van der Waals surface area contributed by atoms with Gasteiger partial charge in [-0.2, -0.15) is 0 Å². The minimum absolute atomic E-state index is 0.0977. The number of aryl methyl sites for hydroxylation is 2. The number of aromatic nitrogens is 4. The smallest absolute Gasteiger partial charge is 0.254 e. The van der Waals surface area contributed by atoms with E-state index >= 15 is 0 Å². The highest BCUT2D eigenvalue weighted by Gasteiger charge is 2.19. The second-order valence-corrected chi connectivity index (χ2v) is 7.67. The van der Waals surface area contributed by atoms with Gasteiger partial charge in [-0.3, -0.25) is 14.1 Å². The molecular weight excluding hydrogens is 372 g/mol. The number of hydrogen-bond acceptors (Lipinski definition) is 6. The Labute approximate surface area is 169 Å². The van der Waals surface area contributed by atoms with E-state index in [4.69, 9.17) is 12.2 Å². The predicted octanol–water partition coefficient (Wildman–Crippen LogP) is 2.86. The molecule has 3 aromatic rings. The fourth-order valence-electron chi connectivity index (χ4n) is 3.67. The minimum Gasteiger partial charge on any atom is -0.369 e. The molecule has 0 N–H and O–H groups in total. The highest BCUT2D eigenvalue weighted by molar-refractivity contribution is 7.71. The topological polar surface area (TPSA) is 58.7 Å². The Morgan fingerprint density at radius 3 is 2.43 bits per heavy atom. The van der Waals surface area contributed by atoms with Crippen molar-refractivity contribution in [3.63, 3.8) is 0 Å². The molecule has 0 spiro atoms. The van der Waals surface area contributed by atoms with E-state index in [1.54, 1.807) is 6.92 Å². The zero-order chi connectivity index (χ0) is 19.8. The number of anilines is 1. The van der Waals surface area contributed by atoms with Crippen molar-refractivity contribution in [2.75, 3.05) is 31.1 Å². The summed E-state index contributed by atoms with van der Waals surface area (Å²) in [5, 5.41) is 4.61. The molecule has 3 heterocycles. The summed E-state index contributed by atoms with van der Waals surface area (Å²) in [5.74, 6) is 0.757. The molecule has 146 valence electrons. The van der Waals surface area contributed by atoms with E-state index in [1.807, 2.05) is 53.3 Å². The number of nitrogens with zero attached hydrogens (tertiary/aromatic N) is 6. The fourth-order valence-corrected chi connectivity index (χ4v) is 3.99. The zero-order valence-corrected chi connectivity index (χ0v) is 17.2. The van der Waals surface area contributed by atoms with E-state index < -0.39 is 0 Å². The third-order valence-corrected chi connectivity index (χ3v) is 5.61. The van der Waals surface area contributed by atoms with Gasteiger partial charge < -0.3 is 4.90 Å². The quantitative estimate of drug-likeness (QED) is 0.499. The van der Waals surface area contributed by atoms with Crippen molar-refractivity contribution >= 4 is 29.5 Å². The molecule has 7 nitrogen and oxygen atoms in total. The van der Waals surface area contributed by atoms with E-state index in [2.05, 4.69) is 19.9 Å². The van der Waals surface area contributed by atoms with Crippen LogP contribution in [0, 0.1) is 18.6 Å². The van der Waals surface area contributed by atoms with Crippen LogP contribution < -0.4 is 4.90 Å². The molecule has 0 unspecified atom stereocenters. The van der Waals surface area contributed by atoms with Gasteiger partial charge in [0.05, 0.1) is 6.67 Å². The Morgan fingerprint density at radius 2 is 1.79 bits per heavy atom. The molecule has 1 saturated heterocycles. The second-order valence-electron chi connectivity index (χ2n) is 7.31. The molecule has 0 radical (unpaired) electrons. The molecule has 0 atom stereocenters. The highest BCUT2D eigenvalue weighted by Crippen LogP contribution is 2.18. The lowest BCUT2D eigenvalue weighted by atomic mass is 10.1. The number of carbonyl (C=O) groups is 1. The van der Waals surface area contributed by atoms with Crippen LogP contribution in [0.4, 0.5) is 5.69 Å². The Morgan fingerprint density at radius 1 is 1.11 bits per heavy atom. The molecule has 8 heteroatoms. The maximum atomic E-state index is 11.4. The monoisotopic (exact) mass is 396 g/mol. The molecule has 0 amide bonds. The summed E-state index contributed by atoms with van der Waals surface area (Å²) in [6.45, 7) is 9.96. The van der Waals surface area contributed by atoms with Crippen LogP contribution >= 0.6 is 12.2 Å². The van der Waals surface area contributed by atoms with Crippen LogP contribution in [0.25, 0.3) is 5.78 Å². The van der Waals surface area contributed by atoms with Crippen molar-refractivity contribution in [1.29, 1.82) is 0 Å². The molecule has 1 aliphatic heterocycles. The summed E-state index contributed by atoms with van der Waals surface area (Å²) < 4.78 is 4.47. The van der Waals surface area contributed by atoms with Crippen LogP contribution in [0.5, 0.6) is 0 Å². The molecule has 0 saturated carbocycles. The summed E-state index contributed by atoms with van der Waals surface area (Å²) in [7, 11) is 0. The van der Waals surface area contributed by atoms with Gasteiger partial charge in [0, 0.05) is 48.8 Å².